The molecule has 0 bridgehead atoms. The molecule has 4 nitrogen and oxygen atoms in total. The van der Waals surface area contributed by atoms with Gasteiger partial charge in [0.05, 0.1) is 6.20 Å². The van der Waals surface area contributed by atoms with E-state index in [9.17, 15) is 5.11 Å². The van der Waals surface area contributed by atoms with Crippen LogP contribution in [0.3, 0.4) is 0 Å². The van der Waals surface area contributed by atoms with Gasteiger partial charge in [-0.25, -0.2) is 0 Å². The van der Waals surface area contributed by atoms with Crippen molar-refractivity contribution < 1.29 is 9.84 Å². The van der Waals surface area contributed by atoms with Crippen LogP contribution in [-0.4, -0.2) is 22.7 Å². The fourth-order valence-electron chi connectivity index (χ4n) is 2.38. The smallest absolute Gasteiger partial charge is 0.146 e. The highest BCUT2D eigenvalue weighted by molar-refractivity contribution is 9.15. The average Bonchev–Trinajstić information content (AvgIpc) is 3.03. The minimum atomic E-state index is 0.217. The van der Waals surface area contributed by atoms with Crippen LogP contribution in [0.15, 0.2) is 48.8 Å². The number of nitrogens with zero attached hydrogens (tertiary/aromatic N) is 1. The Kier molecular flexibility index (Phi) is 4.75. The van der Waals surface area contributed by atoms with E-state index in [4.69, 9.17) is 4.74 Å². The van der Waals surface area contributed by atoms with Crippen molar-refractivity contribution in [2.45, 2.75) is 18.9 Å². The van der Waals surface area contributed by atoms with Crippen LogP contribution in [0.5, 0.6) is 17.2 Å². The highest BCUT2D eigenvalue weighted by Crippen LogP contribution is 2.28. The quantitative estimate of drug-likeness (QED) is 0.862. The minimum absolute atomic E-state index is 0.217. The molecule has 1 aliphatic rings. The minimum Gasteiger partial charge on any atom is -0.508 e. The highest BCUT2D eigenvalue weighted by Gasteiger charge is 2.12. The maximum absolute atomic E-state index is 9.29. The van der Waals surface area contributed by atoms with E-state index in [1.54, 1.807) is 36.7 Å². The summed E-state index contributed by atoms with van der Waals surface area (Å²) in [5, 5.41) is 12.7. The van der Waals surface area contributed by atoms with Gasteiger partial charge in [0, 0.05) is 22.3 Å². The van der Waals surface area contributed by atoms with E-state index in [2.05, 4.69) is 32.3 Å². The SMILES string of the molecule is Oc1ccc(Oc2cncc(C(Br)=CC3CCCN3)c2)cc1. The van der Waals surface area contributed by atoms with Crippen LogP contribution in [0.2, 0.25) is 0 Å². The average molecular weight is 361 g/mol. The van der Waals surface area contributed by atoms with Gasteiger partial charge in [0.15, 0.2) is 0 Å². The lowest BCUT2D eigenvalue weighted by molar-refractivity contribution is 0.463. The van der Waals surface area contributed by atoms with Crippen molar-refractivity contribution in [3.8, 4) is 17.2 Å². The third kappa shape index (κ3) is 3.87. The largest absolute Gasteiger partial charge is 0.508 e. The molecule has 0 spiro atoms. The second-order valence-corrected chi connectivity index (χ2v) is 6.08. The van der Waals surface area contributed by atoms with Crippen LogP contribution in [0.25, 0.3) is 4.48 Å². The van der Waals surface area contributed by atoms with Crippen molar-refractivity contribution in [2.75, 3.05) is 6.54 Å². The van der Waals surface area contributed by atoms with E-state index in [1.165, 1.54) is 6.42 Å². The topological polar surface area (TPSA) is 54.4 Å². The Morgan fingerprint density at radius 1 is 1.27 bits per heavy atom. The Balaban J connectivity index is 1.75. The zero-order chi connectivity index (χ0) is 15.4. The van der Waals surface area contributed by atoms with Crippen LogP contribution in [-0.2, 0) is 0 Å². The number of ether oxygens (including phenoxy) is 1. The fraction of sp³-hybridized carbons (Fsp3) is 0.235. The predicted octanol–water partition coefficient (Wildman–Crippen LogP) is 4.07. The Labute approximate surface area is 138 Å². The second kappa shape index (κ2) is 6.94. The number of aromatic nitrogens is 1. The van der Waals surface area contributed by atoms with Gasteiger partial charge in [-0.15, -0.1) is 0 Å². The van der Waals surface area contributed by atoms with Crippen LogP contribution in [0.4, 0.5) is 0 Å². The molecule has 1 aromatic carbocycles. The van der Waals surface area contributed by atoms with E-state index < -0.39 is 0 Å². The Morgan fingerprint density at radius 2 is 2.09 bits per heavy atom. The molecule has 0 saturated carbocycles. The lowest BCUT2D eigenvalue weighted by Crippen LogP contribution is -2.18. The summed E-state index contributed by atoms with van der Waals surface area (Å²) in [6, 6.07) is 8.97. The first-order valence-electron chi connectivity index (χ1n) is 7.24. The number of pyridine rings is 1. The molecule has 114 valence electrons. The molecule has 22 heavy (non-hydrogen) atoms. The first-order valence-corrected chi connectivity index (χ1v) is 8.03. The molecule has 1 fully saturated rings. The van der Waals surface area contributed by atoms with Crippen molar-refractivity contribution in [1.82, 2.24) is 10.3 Å². The number of aromatic hydroxyl groups is 1. The molecule has 2 N–H and O–H groups in total. The van der Waals surface area contributed by atoms with Crippen molar-refractivity contribution in [2.24, 2.45) is 0 Å². The fourth-order valence-corrected chi connectivity index (χ4v) is 2.92. The molecule has 0 amide bonds. The maximum atomic E-state index is 9.29. The molecule has 1 aromatic heterocycles. The molecule has 3 rings (SSSR count). The summed E-state index contributed by atoms with van der Waals surface area (Å²) in [6.45, 7) is 1.07. The number of hydrogen-bond donors (Lipinski definition) is 2. The van der Waals surface area contributed by atoms with E-state index in [1.807, 2.05) is 6.07 Å². The molecular weight excluding hydrogens is 344 g/mol. The molecule has 0 aliphatic carbocycles. The molecule has 1 aliphatic heterocycles. The zero-order valence-corrected chi connectivity index (χ0v) is 13.6. The molecule has 1 unspecified atom stereocenters. The number of phenolic OH excluding ortho intramolecular Hbond substituents is 1. The summed E-state index contributed by atoms with van der Waals surface area (Å²) in [5.41, 5.74) is 0.977. The Morgan fingerprint density at radius 3 is 2.82 bits per heavy atom. The number of halogens is 1. The zero-order valence-electron chi connectivity index (χ0n) is 12.0. The summed E-state index contributed by atoms with van der Waals surface area (Å²) in [5.74, 6) is 1.54. The summed E-state index contributed by atoms with van der Waals surface area (Å²) >= 11 is 3.62. The highest BCUT2D eigenvalue weighted by atomic mass is 79.9. The second-order valence-electron chi connectivity index (χ2n) is 5.22. The van der Waals surface area contributed by atoms with Crippen LogP contribution >= 0.6 is 15.9 Å². The Bertz CT molecular complexity index is 665. The summed E-state index contributed by atoms with van der Waals surface area (Å²) in [7, 11) is 0. The lowest BCUT2D eigenvalue weighted by Gasteiger charge is -2.09. The number of hydrogen-bond acceptors (Lipinski definition) is 4. The van der Waals surface area contributed by atoms with E-state index in [0.29, 0.717) is 17.5 Å². The molecule has 1 atom stereocenters. The maximum Gasteiger partial charge on any atom is 0.146 e. The van der Waals surface area contributed by atoms with Crippen LogP contribution in [0, 0.1) is 0 Å². The van der Waals surface area contributed by atoms with Gasteiger partial charge < -0.3 is 15.2 Å². The molecule has 2 aromatic rings. The first-order chi connectivity index (χ1) is 10.7. The first kappa shape index (κ1) is 15.1. The monoisotopic (exact) mass is 360 g/mol. The third-order valence-electron chi connectivity index (χ3n) is 3.51. The van der Waals surface area contributed by atoms with Crippen molar-refractivity contribution >= 4 is 20.4 Å². The van der Waals surface area contributed by atoms with Gasteiger partial charge in [-0.05, 0) is 49.7 Å². The van der Waals surface area contributed by atoms with E-state index in [0.717, 1.165) is 23.0 Å². The van der Waals surface area contributed by atoms with Gasteiger partial charge >= 0.3 is 0 Å². The Hall–Kier alpha value is -1.85. The van der Waals surface area contributed by atoms with Crippen LogP contribution < -0.4 is 10.1 Å². The molecular formula is C17H17BrN2O2. The van der Waals surface area contributed by atoms with Crippen molar-refractivity contribution in [3.63, 3.8) is 0 Å². The number of nitrogens with one attached hydrogen (secondary N) is 1. The molecule has 1 saturated heterocycles. The summed E-state index contributed by atoms with van der Waals surface area (Å²) in [4.78, 5) is 4.23. The van der Waals surface area contributed by atoms with Gasteiger partial charge in [-0.1, -0.05) is 22.0 Å². The van der Waals surface area contributed by atoms with E-state index in [-0.39, 0.29) is 5.75 Å². The van der Waals surface area contributed by atoms with Crippen LogP contribution in [0.1, 0.15) is 18.4 Å². The van der Waals surface area contributed by atoms with Crippen molar-refractivity contribution in [1.29, 1.82) is 0 Å². The lowest BCUT2D eigenvalue weighted by atomic mass is 10.1. The van der Waals surface area contributed by atoms with E-state index >= 15 is 0 Å². The van der Waals surface area contributed by atoms with Gasteiger partial charge in [0.1, 0.15) is 17.2 Å². The molecule has 2 heterocycles. The predicted molar refractivity (Wildman–Crippen MR) is 90.3 cm³/mol. The van der Waals surface area contributed by atoms with Gasteiger partial charge in [-0.3, -0.25) is 4.98 Å². The molecule has 0 radical (unpaired) electrons. The van der Waals surface area contributed by atoms with Gasteiger partial charge in [-0.2, -0.15) is 0 Å². The van der Waals surface area contributed by atoms with Gasteiger partial charge in [0.25, 0.3) is 0 Å². The van der Waals surface area contributed by atoms with Gasteiger partial charge in [0.2, 0.25) is 0 Å². The number of benzene rings is 1. The summed E-state index contributed by atoms with van der Waals surface area (Å²) in [6.07, 6.45) is 8.02. The summed E-state index contributed by atoms with van der Waals surface area (Å²) < 4.78 is 6.77. The normalized spacial score (nSPS) is 18.4. The molecule has 5 heteroatoms. The third-order valence-corrected chi connectivity index (χ3v) is 4.23. The standard InChI is InChI=1S/C17H17BrN2O2/c18-17(9-13-2-1-7-20-13)12-8-16(11-19-10-12)22-15-5-3-14(21)4-6-15/h3-6,8-11,13,20-21H,1-2,7H2. The van der Waals surface area contributed by atoms with Crippen molar-refractivity contribution in [3.05, 3.63) is 54.4 Å². The number of phenols is 1. The number of rotatable bonds is 4.